The zero-order chi connectivity index (χ0) is 9.07. The van der Waals surface area contributed by atoms with Crippen LogP contribution in [0.5, 0.6) is 0 Å². The molecule has 0 aromatic heterocycles. The molecule has 68 valence electrons. The molecule has 0 N–H and O–H groups in total. The lowest BCUT2D eigenvalue weighted by Gasteiger charge is -2.35. The van der Waals surface area contributed by atoms with Crippen molar-refractivity contribution in [2.75, 3.05) is 6.54 Å². The van der Waals surface area contributed by atoms with Gasteiger partial charge in [-0.2, -0.15) is 5.06 Å². The summed E-state index contributed by atoms with van der Waals surface area (Å²) >= 11 is 0. The molecule has 0 aliphatic heterocycles. The minimum Gasteiger partial charge on any atom is -0.347 e. The molecule has 11 heavy (non-hydrogen) atoms. The van der Waals surface area contributed by atoms with Crippen LogP contribution in [0.3, 0.4) is 0 Å². The monoisotopic (exact) mass is 175 g/mol. The second-order valence-corrected chi connectivity index (χ2v) is 6.33. The number of hydrogen-bond acceptors (Lipinski definition) is 2. The maximum atomic E-state index is 5.74. The van der Waals surface area contributed by atoms with E-state index >= 15 is 0 Å². The molecule has 0 aliphatic rings. The molecule has 3 heteroatoms. The molecule has 0 aliphatic carbocycles. The van der Waals surface area contributed by atoms with E-state index in [2.05, 4.69) is 45.9 Å². The Hall–Kier alpha value is 0.137. The zero-order valence-electron chi connectivity index (χ0n) is 8.64. The molecule has 0 heterocycles. The summed E-state index contributed by atoms with van der Waals surface area (Å²) in [5, 5.41) is 2.07. The van der Waals surface area contributed by atoms with E-state index in [9.17, 15) is 0 Å². The molecular weight excluding hydrogens is 154 g/mol. The first kappa shape index (κ1) is 11.1. The van der Waals surface area contributed by atoms with Crippen molar-refractivity contribution in [1.29, 1.82) is 0 Å². The molecule has 0 fully saturated rings. The maximum Gasteiger partial charge on any atom is 0.199 e. The quantitative estimate of drug-likeness (QED) is 0.481. The van der Waals surface area contributed by atoms with Crippen molar-refractivity contribution in [2.45, 2.75) is 46.3 Å². The number of rotatable bonds is 3. The molecule has 0 rings (SSSR count). The molecule has 0 saturated carbocycles. The van der Waals surface area contributed by atoms with Gasteiger partial charge in [-0.25, -0.2) is 0 Å². The van der Waals surface area contributed by atoms with Crippen LogP contribution in [0.15, 0.2) is 0 Å². The highest BCUT2D eigenvalue weighted by Crippen LogP contribution is 2.13. The predicted molar refractivity (Wildman–Crippen MR) is 52.1 cm³/mol. The Kier molecular flexibility index (Phi) is 4.29. The molecule has 0 spiro atoms. The van der Waals surface area contributed by atoms with Gasteiger partial charge in [0.1, 0.15) is 0 Å². The van der Waals surface area contributed by atoms with Gasteiger partial charge < -0.3 is 4.53 Å². The normalized spacial score (nSPS) is 13.1. The van der Waals surface area contributed by atoms with E-state index in [4.69, 9.17) is 4.53 Å². The van der Waals surface area contributed by atoms with Crippen molar-refractivity contribution in [1.82, 2.24) is 5.06 Å². The fraction of sp³-hybridized carbons (Fsp3) is 1.00. The lowest BCUT2D eigenvalue weighted by atomic mass is 10.1. The van der Waals surface area contributed by atoms with E-state index in [-0.39, 0.29) is 5.54 Å². The Balaban J connectivity index is 3.96. The van der Waals surface area contributed by atoms with Crippen LogP contribution in [0.2, 0.25) is 13.1 Å². The maximum absolute atomic E-state index is 5.74. The summed E-state index contributed by atoms with van der Waals surface area (Å²) in [6.45, 7) is 14.0. The van der Waals surface area contributed by atoms with Gasteiger partial charge in [0.15, 0.2) is 9.04 Å². The SMILES string of the molecule is CCN(O[SiH](C)C)C(C)(C)C. The number of hydroxylamine groups is 2. The summed E-state index contributed by atoms with van der Waals surface area (Å²) in [4.78, 5) is 0. The van der Waals surface area contributed by atoms with Crippen LogP contribution in [0, 0.1) is 0 Å². The van der Waals surface area contributed by atoms with Gasteiger partial charge in [-0.3, -0.25) is 0 Å². The van der Waals surface area contributed by atoms with Crippen LogP contribution in [-0.2, 0) is 4.53 Å². The first-order chi connectivity index (χ1) is 4.88. The Morgan fingerprint density at radius 3 is 1.82 bits per heavy atom. The lowest BCUT2D eigenvalue weighted by molar-refractivity contribution is -0.125. The standard InChI is InChI=1S/C8H21NOSi/c1-7-9(8(2,3)4)10-11(5)6/h11H,7H2,1-6H3. The molecule has 0 aromatic rings. The predicted octanol–water partition coefficient (Wildman–Crippen LogP) is 2.02. The van der Waals surface area contributed by atoms with Crippen LogP contribution < -0.4 is 0 Å². The summed E-state index contributed by atoms with van der Waals surface area (Å²) in [6.07, 6.45) is 0. The van der Waals surface area contributed by atoms with E-state index in [1.807, 2.05) is 0 Å². The topological polar surface area (TPSA) is 12.5 Å². The second-order valence-electron chi connectivity index (χ2n) is 4.02. The summed E-state index contributed by atoms with van der Waals surface area (Å²) in [6, 6.07) is 0. The fourth-order valence-corrected chi connectivity index (χ4v) is 1.94. The smallest absolute Gasteiger partial charge is 0.199 e. The molecule has 0 saturated heterocycles. The largest absolute Gasteiger partial charge is 0.347 e. The molecule has 0 unspecified atom stereocenters. The van der Waals surface area contributed by atoms with Gasteiger partial charge in [0.25, 0.3) is 0 Å². The van der Waals surface area contributed by atoms with Gasteiger partial charge in [0, 0.05) is 12.1 Å². The third-order valence-corrected chi connectivity index (χ3v) is 2.05. The van der Waals surface area contributed by atoms with Crippen molar-refractivity contribution < 1.29 is 4.53 Å². The highest BCUT2D eigenvalue weighted by atomic mass is 28.3. The van der Waals surface area contributed by atoms with Gasteiger partial charge >= 0.3 is 0 Å². The number of nitrogens with zero attached hydrogens (tertiary/aromatic N) is 1. The van der Waals surface area contributed by atoms with Crippen LogP contribution in [0.25, 0.3) is 0 Å². The summed E-state index contributed by atoms with van der Waals surface area (Å²) < 4.78 is 5.74. The fourth-order valence-electron chi connectivity index (χ4n) is 0.961. The van der Waals surface area contributed by atoms with E-state index in [0.29, 0.717) is 0 Å². The van der Waals surface area contributed by atoms with Gasteiger partial charge in [-0.15, -0.1) is 0 Å². The van der Waals surface area contributed by atoms with Crippen molar-refractivity contribution in [2.24, 2.45) is 0 Å². The summed E-state index contributed by atoms with van der Waals surface area (Å²) in [7, 11) is -0.920. The molecule has 0 amide bonds. The van der Waals surface area contributed by atoms with Gasteiger partial charge in [0.2, 0.25) is 0 Å². The number of hydrogen-bond donors (Lipinski definition) is 0. The molecule has 0 bridgehead atoms. The highest BCUT2D eigenvalue weighted by molar-refractivity contribution is 6.48. The third kappa shape index (κ3) is 4.56. The molecule has 2 nitrogen and oxygen atoms in total. The average Bonchev–Trinajstić information content (AvgIpc) is 1.79. The van der Waals surface area contributed by atoms with Crippen LogP contribution in [0.1, 0.15) is 27.7 Å². The Morgan fingerprint density at radius 1 is 1.27 bits per heavy atom. The minimum atomic E-state index is -0.920. The van der Waals surface area contributed by atoms with Crippen molar-refractivity contribution in [3.8, 4) is 0 Å². The van der Waals surface area contributed by atoms with E-state index in [0.717, 1.165) is 6.54 Å². The third-order valence-electron chi connectivity index (χ3n) is 1.37. The van der Waals surface area contributed by atoms with E-state index < -0.39 is 9.04 Å². The van der Waals surface area contributed by atoms with Crippen molar-refractivity contribution in [3.05, 3.63) is 0 Å². The minimum absolute atomic E-state index is 0.145. The zero-order valence-corrected chi connectivity index (χ0v) is 9.79. The molecule has 0 radical (unpaired) electrons. The Labute approximate surface area is 72.2 Å². The Bertz CT molecular complexity index is 109. The highest BCUT2D eigenvalue weighted by Gasteiger charge is 2.20. The van der Waals surface area contributed by atoms with Gasteiger partial charge in [0.05, 0.1) is 0 Å². The average molecular weight is 175 g/mol. The Morgan fingerprint density at radius 2 is 1.73 bits per heavy atom. The molecule has 0 aromatic carbocycles. The first-order valence-electron chi connectivity index (χ1n) is 4.32. The van der Waals surface area contributed by atoms with Crippen LogP contribution in [0.4, 0.5) is 0 Å². The summed E-state index contributed by atoms with van der Waals surface area (Å²) in [5.74, 6) is 0. The summed E-state index contributed by atoms with van der Waals surface area (Å²) in [5.41, 5.74) is 0.145. The van der Waals surface area contributed by atoms with Crippen molar-refractivity contribution >= 4 is 9.04 Å². The van der Waals surface area contributed by atoms with Crippen LogP contribution in [-0.4, -0.2) is 26.2 Å². The van der Waals surface area contributed by atoms with Gasteiger partial charge in [-0.1, -0.05) is 6.92 Å². The van der Waals surface area contributed by atoms with E-state index in [1.54, 1.807) is 0 Å². The second kappa shape index (κ2) is 4.23. The van der Waals surface area contributed by atoms with Crippen LogP contribution >= 0.6 is 0 Å². The van der Waals surface area contributed by atoms with E-state index in [1.165, 1.54) is 0 Å². The lowest BCUT2D eigenvalue weighted by Crippen LogP contribution is -2.43. The first-order valence-corrected chi connectivity index (χ1v) is 7.10. The molecular formula is C8H21NOSi. The van der Waals surface area contributed by atoms with Crippen molar-refractivity contribution in [3.63, 3.8) is 0 Å². The molecule has 0 atom stereocenters. The van der Waals surface area contributed by atoms with Gasteiger partial charge in [-0.05, 0) is 33.9 Å².